The van der Waals surface area contributed by atoms with Crippen LogP contribution in [-0.2, 0) is 14.9 Å². The molecular weight excluding hydrogens is 368 g/mol. The number of ether oxygens (including phenoxy) is 3. The van der Waals surface area contributed by atoms with Crippen molar-refractivity contribution < 1.29 is 19.0 Å². The van der Waals surface area contributed by atoms with Crippen LogP contribution in [0.5, 0.6) is 11.5 Å². The molecule has 29 heavy (non-hydrogen) atoms. The van der Waals surface area contributed by atoms with Crippen molar-refractivity contribution in [2.24, 2.45) is 11.8 Å². The summed E-state index contributed by atoms with van der Waals surface area (Å²) in [7, 11) is 3.36. The summed E-state index contributed by atoms with van der Waals surface area (Å²) in [6, 6.07) is 4.87. The number of hydrogen-bond donors (Lipinski definition) is 0. The van der Waals surface area contributed by atoms with E-state index in [1.54, 1.807) is 19.8 Å². The third-order valence-corrected chi connectivity index (χ3v) is 8.81. The molecule has 5 heterocycles. The van der Waals surface area contributed by atoms with E-state index in [0.29, 0.717) is 36.7 Å². The summed E-state index contributed by atoms with van der Waals surface area (Å²) in [5.74, 6) is 2.57. The Morgan fingerprint density at radius 2 is 2.03 bits per heavy atom. The van der Waals surface area contributed by atoms with Crippen molar-refractivity contribution in [1.82, 2.24) is 4.90 Å². The highest BCUT2D eigenvalue weighted by molar-refractivity contribution is 5.99. The van der Waals surface area contributed by atoms with Gasteiger partial charge in [0.15, 0.2) is 11.5 Å². The van der Waals surface area contributed by atoms with Crippen molar-refractivity contribution in [2.75, 3.05) is 38.8 Å². The van der Waals surface area contributed by atoms with Crippen LogP contribution in [0.4, 0.5) is 5.69 Å². The van der Waals surface area contributed by atoms with Gasteiger partial charge in [-0.1, -0.05) is 11.6 Å². The predicted octanol–water partition coefficient (Wildman–Crippen LogP) is 2.11. The van der Waals surface area contributed by atoms with Crippen LogP contribution in [0.3, 0.4) is 0 Å². The normalized spacial score (nSPS) is 41.0. The Morgan fingerprint density at radius 3 is 2.86 bits per heavy atom. The van der Waals surface area contributed by atoms with Crippen LogP contribution in [0.2, 0.25) is 0 Å². The molecule has 1 amide bonds. The maximum Gasteiger partial charge on any atom is 0.229 e. The second-order valence-corrected chi connectivity index (χ2v) is 9.48. The van der Waals surface area contributed by atoms with Gasteiger partial charge in [-0.25, -0.2) is 0 Å². The lowest BCUT2D eigenvalue weighted by Gasteiger charge is -2.58. The highest BCUT2D eigenvalue weighted by Gasteiger charge is 2.71. The molecule has 6 nitrogen and oxygen atoms in total. The van der Waals surface area contributed by atoms with E-state index in [1.165, 1.54) is 12.0 Å². The fourth-order valence-electron chi connectivity index (χ4n) is 7.87. The number of amides is 1. The molecule has 5 aliphatic heterocycles. The van der Waals surface area contributed by atoms with Crippen LogP contribution in [0.15, 0.2) is 23.8 Å². The van der Waals surface area contributed by atoms with Gasteiger partial charge in [-0.3, -0.25) is 9.69 Å². The first-order chi connectivity index (χ1) is 14.2. The van der Waals surface area contributed by atoms with Crippen LogP contribution in [0.1, 0.15) is 24.8 Å². The molecule has 152 valence electrons. The van der Waals surface area contributed by atoms with Crippen LogP contribution < -0.4 is 14.4 Å². The zero-order valence-corrected chi connectivity index (χ0v) is 16.9. The summed E-state index contributed by atoms with van der Waals surface area (Å²) in [6.07, 6.45) is 5.11. The molecule has 1 aromatic carbocycles. The van der Waals surface area contributed by atoms with Crippen molar-refractivity contribution in [3.63, 3.8) is 0 Å². The quantitative estimate of drug-likeness (QED) is 0.719. The molecule has 6 atom stereocenters. The minimum atomic E-state index is -0.0242. The SMILES string of the molecule is COc1cc2c(cc1OC)[C@@]13CCN4CC5=CCO[C@H]6CC(=O)N2[C@@H]1[C@@H]6[C@H]5C[C@@H]43. The zero-order chi connectivity index (χ0) is 19.5. The Hall–Kier alpha value is -2.05. The monoisotopic (exact) mass is 394 g/mol. The number of hydrogen-bond acceptors (Lipinski definition) is 5. The van der Waals surface area contributed by atoms with E-state index in [2.05, 4.69) is 21.9 Å². The summed E-state index contributed by atoms with van der Waals surface area (Å²) in [4.78, 5) is 18.3. The Balaban J connectivity index is 1.52. The number of benzene rings is 1. The first kappa shape index (κ1) is 16.7. The van der Waals surface area contributed by atoms with Crippen LogP contribution in [0, 0.1) is 11.8 Å². The number of methoxy groups -OCH3 is 2. The Morgan fingerprint density at radius 1 is 1.21 bits per heavy atom. The fourth-order valence-corrected chi connectivity index (χ4v) is 7.87. The molecule has 1 saturated carbocycles. The van der Waals surface area contributed by atoms with E-state index in [1.807, 2.05) is 6.07 Å². The molecule has 0 N–H and O–H groups in total. The van der Waals surface area contributed by atoms with Gasteiger partial charge in [0.25, 0.3) is 0 Å². The molecule has 7 rings (SSSR count). The van der Waals surface area contributed by atoms with Crippen molar-refractivity contribution in [3.8, 4) is 11.5 Å². The van der Waals surface area contributed by atoms with Crippen LogP contribution in [-0.4, -0.2) is 62.9 Å². The fraction of sp³-hybridized carbons (Fsp3) is 0.609. The van der Waals surface area contributed by atoms with Gasteiger partial charge in [0, 0.05) is 30.0 Å². The van der Waals surface area contributed by atoms with Gasteiger partial charge < -0.3 is 19.1 Å². The van der Waals surface area contributed by atoms with Gasteiger partial charge in [-0.05, 0) is 36.9 Å². The third-order valence-electron chi connectivity index (χ3n) is 8.81. The highest BCUT2D eigenvalue weighted by atomic mass is 16.5. The average Bonchev–Trinajstić information content (AvgIpc) is 3.20. The highest BCUT2D eigenvalue weighted by Crippen LogP contribution is 2.66. The van der Waals surface area contributed by atoms with Crippen molar-refractivity contribution >= 4 is 11.6 Å². The standard InChI is InChI=1S/C23H26N2O4/c1-27-16-8-14-15(9-17(16)28-2)25-20(26)10-18-21-13-7-19-23(14,22(21)25)4-5-24(19)11-12(13)3-6-29-18/h3,8-9,13,18-19,21-22H,4-7,10-11H2,1-2H3/t13-,18-,19+,21+,22+,23+/m0/s1. The van der Waals surface area contributed by atoms with Gasteiger partial charge >= 0.3 is 0 Å². The molecule has 0 radical (unpaired) electrons. The number of anilines is 1. The molecule has 3 saturated heterocycles. The maximum absolute atomic E-state index is 13.5. The number of nitrogens with zero attached hydrogens (tertiary/aromatic N) is 2. The molecule has 6 heteroatoms. The second kappa shape index (κ2) is 5.35. The smallest absolute Gasteiger partial charge is 0.229 e. The number of fused-ring (bicyclic) bond motifs is 2. The molecule has 6 aliphatic rings. The lowest BCUT2D eigenvalue weighted by molar-refractivity contribution is -0.132. The van der Waals surface area contributed by atoms with Crippen molar-refractivity contribution in [2.45, 2.75) is 42.9 Å². The minimum Gasteiger partial charge on any atom is -0.493 e. The minimum absolute atomic E-state index is 0.0242. The topological polar surface area (TPSA) is 51.2 Å². The van der Waals surface area contributed by atoms with Gasteiger partial charge in [-0.15, -0.1) is 0 Å². The van der Waals surface area contributed by atoms with Crippen LogP contribution >= 0.6 is 0 Å². The molecule has 1 spiro atoms. The summed E-state index contributed by atoms with van der Waals surface area (Å²) >= 11 is 0. The molecule has 0 aromatic heterocycles. The number of carbonyl (C=O) groups is 1. The maximum atomic E-state index is 13.5. The molecule has 0 unspecified atom stereocenters. The molecule has 1 aliphatic carbocycles. The second-order valence-electron chi connectivity index (χ2n) is 9.48. The largest absolute Gasteiger partial charge is 0.493 e. The summed E-state index contributed by atoms with van der Waals surface area (Å²) in [5, 5.41) is 0. The summed E-state index contributed by atoms with van der Waals surface area (Å²) in [5.41, 5.74) is 3.85. The van der Waals surface area contributed by atoms with E-state index >= 15 is 0 Å². The lowest BCUT2D eigenvalue weighted by Crippen LogP contribution is -2.69. The number of carbonyl (C=O) groups excluding carboxylic acids is 1. The molecular formula is C23H26N2O4. The summed E-state index contributed by atoms with van der Waals surface area (Å²) in [6.45, 7) is 2.80. The van der Waals surface area contributed by atoms with Gasteiger partial charge in [0.2, 0.25) is 5.91 Å². The van der Waals surface area contributed by atoms with Gasteiger partial charge in [0.05, 0.1) is 45.1 Å². The predicted molar refractivity (Wildman–Crippen MR) is 107 cm³/mol. The molecule has 2 bridgehead atoms. The Kier molecular flexibility index (Phi) is 3.08. The number of piperidine rings is 2. The van der Waals surface area contributed by atoms with E-state index < -0.39 is 0 Å². The van der Waals surface area contributed by atoms with Gasteiger partial charge in [-0.2, -0.15) is 0 Å². The average molecular weight is 394 g/mol. The molecule has 4 fully saturated rings. The van der Waals surface area contributed by atoms with Crippen molar-refractivity contribution in [3.05, 3.63) is 29.3 Å². The number of rotatable bonds is 2. The molecule has 1 aromatic rings. The Bertz CT molecular complexity index is 974. The van der Waals surface area contributed by atoms with E-state index in [4.69, 9.17) is 14.2 Å². The van der Waals surface area contributed by atoms with Crippen molar-refractivity contribution in [1.29, 1.82) is 0 Å². The Labute approximate surface area is 170 Å². The first-order valence-electron chi connectivity index (χ1n) is 10.8. The van der Waals surface area contributed by atoms with Gasteiger partial charge in [0.1, 0.15) is 0 Å². The van der Waals surface area contributed by atoms with E-state index in [9.17, 15) is 4.79 Å². The third kappa shape index (κ3) is 1.76. The van der Waals surface area contributed by atoms with E-state index in [-0.39, 0.29) is 23.5 Å². The van der Waals surface area contributed by atoms with Crippen LogP contribution in [0.25, 0.3) is 0 Å². The summed E-state index contributed by atoms with van der Waals surface area (Å²) < 4.78 is 17.6. The van der Waals surface area contributed by atoms with E-state index in [0.717, 1.165) is 30.9 Å². The first-order valence-corrected chi connectivity index (χ1v) is 10.8. The lowest BCUT2D eigenvalue weighted by atomic mass is 9.53. The zero-order valence-electron chi connectivity index (χ0n) is 16.9.